The molecule has 1 rings (SSSR count). The van der Waals surface area contributed by atoms with Crippen LogP contribution in [-0.4, -0.2) is 33.0 Å². The Morgan fingerprint density at radius 3 is 2.30 bits per heavy atom. The highest BCUT2D eigenvalue weighted by atomic mass is 16.6. The molecule has 0 spiro atoms. The summed E-state index contributed by atoms with van der Waals surface area (Å²) in [5.41, 5.74) is -0.713. The summed E-state index contributed by atoms with van der Waals surface area (Å²) in [4.78, 5) is 42.5. The standard InChI is InChI=1S/C18H31N5O4/c1-10(2)15(20-16(24)11(3)4)9-22-17(25)14(8-23(19)18(22)26)13(7)21-27-12(5)6/h8,10-12,15H,9,19H2,1-7H3,(H,20,24). The average Bonchev–Trinajstić information content (AvgIpc) is 2.57. The summed E-state index contributed by atoms with van der Waals surface area (Å²) in [5.74, 6) is 5.40. The third-order valence-corrected chi connectivity index (χ3v) is 4.02. The summed E-state index contributed by atoms with van der Waals surface area (Å²) in [6.45, 7) is 12.6. The topological polar surface area (TPSA) is 121 Å². The van der Waals surface area contributed by atoms with Crippen LogP contribution in [0.1, 0.15) is 54.0 Å². The van der Waals surface area contributed by atoms with E-state index in [-0.39, 0.29) is 36.0 Å². The number of oxime groups is 1. The van der Waals surface area contributed by atoms with E-state index in [0.29, 0.717) is 5.71 Å². The molecule has 1 atom stereocenters. The van der Waals surface area contributed by atoms with Crippen LogP contribution in [0.3, 0.4) is 0 Å². The van der Waals surface area contributed by atoms with Crippen LogP contribution in [0.5, 0.6) is 0 Å². The van der Waals surface area contributed by atoms with Crippen molar-refractivity contribution in [2.45, 2.75) is 67.2 Å². The van der Waals surface area contributed by atoms with E-state index in [1.54, 1.807) is 20.8 Å². The van der Waals surface area contributed by atoms with Gasteiger partial charge < -0.3 is 16.0 Å². The molecule has 0 saturated carbocycles. The van der Waals surface area contributed by atoms with Crippen LogP contribution in [0.4, 0.5) is 0 Å². The van der Waals surface area contributed by atoms with Gasteiger partial charge in [0.25, 0.3) is 5.56 Å². The van der Waals surface area contributed by atoms with E-state index >= 15 is 0 Å². The first kappa shape index (κ1) is 22.5. The lowest BCUT2D eigenvalue weighted by molar-refractivity contribution is -0.125. The van der Waals surface area contributed by atoms with Crippen LogP contribution in [0.25, 0.3) is 0 Å². The fourth-order valence-corrected chi connectivity index (χ4v) is 2.23. The Balaban J connectivity index is 3.34. The Hall–Kier alpha value is -2.58. The normalized spacial score (nSPS) is 13.3. The van der Waals surface area contributed by atoms with Gasteiger partial charge in [-0.15, -0.1) is 0 Å². The summed E-state index contributed by atoms with van der Waals surface area (Å²) in [5, 5.41) is 6.80. The van der Waals surface area contributed by atoms with Crippen LogP contribution < -0.4 is 22.4 Å². The number of nitrogens with one attached hydrogen (secondary N) is 1. The monoisotopic (exact) mass is 381 g/mol. The molecule has 0 saturated heterocycles. The highest BCUT2D eigenvalue weighted by Gasteiger charge is 2.22. The van der Waals surface area contributed by atoms with Gasteiger partial charge in [-0.2, -0.15) is 0 Å². The third-order valence-electron chi connectivity index (χ3n) is 4.02. The second-order valence-corrected chi connectivity index (χ2v) is 7.49. The molecule has 0 fully saturated rings. The minimum absolute atomic E-state index is 0.00733. The van der Waals surface area contributed by atoms with Crippen molar-refractivity contribution in [3.63, 3.8) is 0 Å². The molecule has 1 amide bonds. The number of amides is 1. The Bertz CT molecular complexity index is 805. The zero-order valence-corrected chi connectivity index (χ0v) is 17.1. The first-order chi connectivity index (χ1) is 12.5. The van der Waals surface area contributed by atoms with E-state index in [2.05, 4.69) is 10.5 Å². The molecular formula is C18H31N5O4. The van der Waals surface area contributed by atoms with Crippen molar-refractivity contribution in [2.75, 3.05) is 5.84 Å². The van der Waals surface area contributed by atoms with Gasteiger partial charge in [0.15, 0.2) is 0 Å². The zero-order chi connectivity index (χ0) is 20.9. The smallest absolute Gasteiger partial charge is 0.349 e. The number of nitrogens with two attached hydrogens (primary N) is 1. The van der Waals surface area contributed by atoms with E-state index in [0.717, 1.165) is 9.24 Å². The Labute approximate surface area is 159 Å². The summed E-state index contributed by atoms with van der Waals surface area (Å²) >= 11 is 0. The zero-order valence-electron chi connectivity index (χ0n) is 17.1. The van der Waals surface area contributed by atoms with E-state index in [1.165, 1.54) is 6.20 Å². The summed E-state index contributed by atoms with van der Waals surface area (Å²) in [6, 6.07) is -0.398. The summed E-state index contributed by atoms with van der Waals surface area (Å²) < 4.78 is 1.86. The summed E-state index contributed by atoms with van der Waals surface area (Å²) in [6.07, 6.45) is 1.09. The minimum Gasteiger partial charge on any atom is -0.393 e. The molecule has 1 heterocycles. The van der Waals surface area contributed by atoms with Crippen LogP contribution in [-0.2, 0) is 16.2 Å². The molecule has 1 unspecified atom stereocenters. The van der Waals surface area contributed by atoms with Crippen LogP contribution in [0.15, 0.2) is 20.9 Å². The number of nitrogens with zero attached hydrogens (tertiary/aromatic N) is 3. The van der Waals surface area contributed by atoms with E-state index in [4.69, 9.17) is 10.7 Å². The molecule has 27 heavy (non-hydrogen) atoms. The first-order valence-corrected chi connectivity index (χ1v) is 9.08. The molecule has 152 valence electrons. The molecule has 0 aliphatic carbocycles. The molecule has 9 nitrogen and oxygen atoms in total. The highest BCUT2D eigenvalue weighted by molar-refractivity contribution is 5.97. The number of rotatable bonds is 8. The van der Waals surface area contributed by atoms with Gasteiger partial charge in [-0.05, 0) is 26.7 Å². The van der Waals surface area contributed by atoms with Gasteiger partial charge in [0.05, 0.1) is 17.8 Å². The molecule has 0 aliphatic rings. The number of nitrogen functional groups attached to an aromatic ring is 1. The van der Waals surface area contributed by atoms with Crippen molar-refractivity contribution >= 4 is 11.6 Å². The van der Waals surface area contributed by atoms with Gasteiger partial charge in [-0.25, -0.2) is 9.47 Å². The van der Waals surface area contributed by atoms with Gasteiger partial charge in [-0.1, -0.05) is 32.9 Å². The fourth-order valence-electron chi connectivity index (χ4n) is 2.23. The van der Waals surface area contributed by atoms with Crippen LogP contribution in [0, 0.1) is 11.8 Å². The van der Waals surface area contributed by atoms with Crippen LogP contribution in [0.2, 0.25) is 0 Å². The molecule has 0 radical (unpaired) electrons. The quantitative estimate of drug-likeness (QED) is 0.389. The Kier molecular flexibility index (Phi) is 7.81. The maximum absolute atomic E-state index is 12.9. The number of hydrogen-bond acceptors (Lipinski definition) is 6. The number of carbonyl (C=O) groups is 1. The highest BCUT2D eigenvalue weighted by Crippen LogP contribution is 2.06. The molecule has 1 aromatic heterocycles. The lowest BCUT2D eigenvalue weighted by Gasteiger charge is -2.24. The van der Waals surface area contributed by atoms with E-state index < -0.39 is 17.3 Å². The van der Waals surface area contributed by atoms with Crippen molar-refractivity contribution in [3.8, 4) is 0 Å². The van der Waals surface area contributed by atoms with E-state index in [1.807, 2.05) is 27.7 Å². The van der Waals surface area contributed by atoms with Gasteiger partial charge >= 0.3 is 5.69 Å². The molecule has 9 heteroatoms. The number of hydrogen-bond donors (Lipinski definition) is 2. The second-order valence-electron chi connectivity index (χ2n) is 7.49. The van der Waals surface area contributed by atoms with Crippen molar-refractivity contribution in [1.82, 2.24) is 14.6 Å². The summed E-state index contributed by atoms with van der Waals surface area (Å²) in [7, 11) is 0. The predicted octanol–water partition coefficient (Wildman–Crippen LogP) is 0.670. The maximum atomic E-state index is 12.9. The van der Waals surface area contributed by atoms with Gasteiger partial charge in [0.2, 0.25) is 5.91 Å². The average molecular weight is 381 g/mol. The van der Waals surface area contributed by atoms with Crippen molar-refractivity contribution in [1.29, 1.82) is 0 Å². The molecular weight excluding hydrogens is 350 g/mol. The SMILES string of the molecule is CC(=NOC(C)C)c1cn(N)c(=O)n(CC(NC(=O)C(C)C)C(C)C)c1=O. The van der Waals surface area contributed by atoms with Gasteiger partial charge in [0.1, 0.15) is 6.10 Å². The fraction of sp³-hybridized carbons (Fsp3) is 0.667. The number of carbonyl (C=O) groups excluding carboxylic acids is 1. The van der Waals surface area contributed by atoms with Gasteiger partial charge in [-0.3, -0.25) is 14.2 Å². The molecule has 0 aliphatic heterocycles. The largest absolute Gasteiger partial charge is 0.393 e. The lowest BCUT2D eigenvalue weighted by Crippen LogP contribution is -2.51. The molecule has 0 aromatic carbocycles. The van der Waals surface area contributed by atoms with Crippen molar-refractivity contribution in [2.24, 2.45) is 17.0 Å². The number of aromatic nitrogens is 2. The van der Waals surface area contributed by atoms with Crippen LogP contribution >= 0.6 is 0 Å². The van der Waals surface area contributed by atoms with E-state index in [9.17, 15) is 14.4 Å². The van der Waals surface area contributed by atoms with Crippen molar-refractivity contribution in [3.05, 3.63) is 32.6 Å². The molecule has 0 bridgehead atoms. The minimum atomic E-state index is -0.661. The lowest BCUT2D eigenvalue weighted by atomic mass is 10.0. The Morgan fingerprint density at radius 1 is 1.22 bits per heavy atom. The molecule has 3 N–H and O–H groups in total. The maximum Gasteiger partial charge on any atom is 0.349 e. The van der Waals surface area contributed by atoms with Crippen molar-refractivity contribution < 1.29 is 9.63 Å². The predicted molar refractivity (Wildman–Crippen MR) is 105 cm³/mol. The molecule has 1 aromatic rings. The second kappa shape index (κ2) is 9.38. The first-order valence-electron chi connectivity index (χ1n) is 9.08. The Morgan fingerprint density at radius 2 is 1.81 bits per heavy atom. The third kappa shape index (κ3) is 5.97. The van der Waals surface area contributed by atoms with Gasteiger partial charge in [0, 0.05) is 18.2 Å².